The van der Waals surface area contributed by atoms with Crippen molar-refractivity contribution in [3.8, 4) is 17.6 Å². The molecule has 3 rings (SSSR count). The minimum Gasteiger partial charge on any atom is -0.354 e. The zero-order chi connectivity index (χ0) is 20.1. The summed E-state index contributed by atoms with van der Waals surface area (Å²) in [5.74, 6) is 1.35. The lowest BCUT2D eigenvalue weighted by Crippen LogP contribution is -2.21. The van der Waals surface area contributed by atoms with Crippen molar-refractivity contribution in [3.63, 3.8) is 0 Å². The third-order valence-corrected chi connectivity index (χ3v) is 3.73. The zero-order valence-corrected chi connectivity index (χ0v) is 16.5. The van der Waals surface area contributed by atoms with Gasteiger partial charge in [-0.25, -0.2) is 9.97 Å². The largest absolute Gasteiger partial charge is 0.354 e. The summed E-state index contributed by atoms with van der Waals surface area (Å²) in [7, 11) is 0. The lowest BCUT2D eigenvalue weighted by Gasteiger charge is -2.19. The van der Waals surface area contributed by atoms with Crippen LogP contribution >= 0.6 is 11.6 Å². The van der Waals surface area contributed by atoms with Gasteiger partial charge < -0.3 is 10.6 Å². The number of hydrogen-bond donors (Lipinski definition) is 2. The van der Waals surface area contributed by atoms with Crippen molar-refractivity contribution in [3.05, 3.63) is 47.2 Å². The topological polar surface area (TPSA) is 112 Å². The van der Waals surface area contributed by atoms with Crippen LogP contribution in [0.2, 0.25) is 5.15 Å². The first-order valence-corrected chi connectivity index (χ1v) is 8.97. The van der Waals surface area contributed by atoms with E-state index in [4.69, 9.17) is 11.6 Å². The molecule has 0 saturated heterocycles. The molecule has 0 radical (unpaired) electrons. The number of hydrogen-bond acceptors (Lipinski definition) is 8. The molecule has 8 nitrogen and oxygen atoms in total. The fraction of sp³-hybridized carbons (Fsp3) is 0.263. The molecular weight excluding hydrogens is 376 g/mol. The first kappa shape index (κ1) is 19.5. The molecule has 0 bridgehead atoms. The molecule has 0 aliphatic rings. The van der Waals surface area contributed by atoms with Gasteiger partial charge in [0, 0.05) is 12.7 Å². The Morgan fingerprint density at radius 1 is 1.04 bits per heavy atom. The molecule has 0 atom stereocenters. The van der Waals surface area contributed by atoms with E-state index in [1.54, 1.807) is 36.5 Å². The molecule has 0 aliphatic heterocycles. The van der Waals surface area contributed by atoms with Crippen LogP contribution in [-0.2, 0) is 0 Å². The molecule has 0 aliphatic carbocycles. The summed E-state index contributed by atoms with van der Waals surface area (Å²) in [6, 6.07) is 10.7. The van der Waals surface area contributed by atoms with Crippen molar-refractivity contribution in [1.29, 1.82) is 5.26 Å². The second kappa shape index (κ2) is 8.15. The fourth-order valence-corrected chi connectivity index (χ4v) is 2.37. The third kappa shape index (κ3) is 5.11. The van der Waals surface area contributed by atoms with Gasteiger partial charge in [0.05, 0.1) is 5.56 Å². The van der Waals surface area contributed by atoms with Gasteiger partial charge in [0.1, 0.15) is 16.9 Å². The highest BCUT2D eigenvalue weighted by molar-refractivity contribution is 6.29. The predicted molar refractivity (Wildman–Crippen MR) is 108 cm³/mol. The summed E-state index contributed by atoms with van der Waals surface area (Å²) in [4.78, 5) is 21.7. The molecule has 3 aromatic heterocycles. The number of nitrogens with one attached hydrogen (secondary N) is 2. The van der Waals surface area contributed by atoms with E-state index in [-0.39, 0.29) is 11.4 Å². The summed E-state index contributed by atoms with van der Waals surface area (Å²) >= 11 is 6.01. The Hall–Kier alpha value is -3.31. The first-order chi connectivity index (χ1) is 13.3. The van der Waals surface area contributed by atoms with Crippen LogP contribution in [0.1, 0.15) is 26.3 Å². The van der Waals surface area contributed by atoms with E-state index in [2.05, 4.69) is 62.4 Å². The van der Waals surface area contributed by atoms with Crippen molar-refractivity contribution < 1.29 is 0 Å². The normalized spacial score (nSPS) is 11.0. The molecular formula is C19H19ClN8. The quantitative estimate of drug-likeness (QED) is 0.623. The minimum atomic E-state index is 0.0314. The van der Waals surface area contributed by atoms with Gasteiger partial charge in [0.2, 0.25) is 11.9 Å². The standard InChI is InChI=1S/C19H19ClN8/c1-19(2,3)11-23-17-26-16(13-7-4-8-14(20)24-13)27-18(28-17)25-15-12(10-21)6-5-9-22-15/h4-9H,11H2,1-3H3,(H2,22,23,25,26,27,28). The second-order valence-corrected chi connectivity index (χ2v) is 7.59. The van der Waals surface area contributed by atoms with E-state index in [0.29, 0.717) is 40.5 Å². The number of nitrogens with zero attached hydrogens (tertiary/aromatic N) is 6. The predicted octanol–water partition coefficient (Wildman–Crippen LogP) is 4.06. The fourth-order valence-electron chi connectivity index (χ4n) is 2.20. The van der Waals surface area contributed by atoms with Gasteiger partial charge in [0.15, 0.2) is 11.6 Å². The average Bonchev–Trinajstić information content (AvgIpc) is 2.66. The number of rotatable bonds is 5. The van der Waals surface area contributed by atoms with Crippen molar-refractivity contribution in [2.24, 2.45) is 5.41 Å². The van der Waals surface area contributed by atoms with E-state index < -0.39 is 0 Å². The third-order valence-electron chi connectivity index (χ3n) is 3.51. The summed E-state index contributed by atoms with van der Waals surface area (Å²) in [5.41, 5.74) is 0.928. The highest BCUT2D eigenvalue weighted by Crippen LogP contribution is 2.21. The number of halogens is 1. The first-order valence-electron chi connectivity index (χ1n) is 8.59. The summed E-state index contributed by atoms with van der Waals surface area (Å²) in [6.07, 6.45) is 1.59. The molecule has 0 aromatic carbocycles. The molecule has 2 N–H and O–H groups in total. The minimum absolute atomic E-state index is 0.0314. The van der Waals surface area contributed by atoms with Crippen LogP contribution in [0.5, 0.6) is 0 Å². The maximum Gasteiger partial charge on any atom is 0.233 e. The van der Waals surface area contributed by atoms with E-state index in [1.165, 1.54) is 0 Å². The summed E-state index contributed by atoms with van der Waals surface area (Å²) < 4.78 is 0. The Bertz CT molecular complexity index is 1020. The molecule has 9 heteroatoms. The van der Waals surface area contributed by atoms with Crippen molar-refractivity contribution >= 4 is 29.3 Å². The molecule has 0 unspecified atom stereocenters. The summed E-state index contributed by atoms with van der Waals surface area (Å²) in [5, 5.41) is 15.8. The molecule has 142 valence electrons. The second-order valence-electron chi connectivity index (χ2n) is 7.20. The van der Waals surface area contributed by atoms with Crippen LogP contribution in [0.15, 0.2) is 36.5 Å². The van der Waals surface area contributed by atoms with Gasteiger partial charge in [-0.05, 0) is 29.7 Å². The zero-order valence-electron chi connectivity index (χ0n) is 15.7. The molecule has 0 fully saturated rings. The van der Waals surface area contributed by atoms with Gasteiger partial charge in [-0.1, -0.05) is 38.4 Å². The maximum absolute atomic E-state index is 9.27. The number of pyridine rings is 2. The van der Waals surface area contributed by atoms with Crippen LogP contribution in [0.4, 0.5) is 17.7 Å². The van der Waals surface area contributed by atoms with Crippen LogP contribution < -0.4 is 10.6 Å². The lowest BCUT2D eigenvalue weighted by molar-refractivity contribution is 0.442. The van der Waals surface area contributed by atoms with Crippen LogP contribution in [0, 0.1) is 16.7 Å². The summed E-state index contributed by atoms with van der Waals surface area (Å²) in [6.45, 7) is 6.97. The van der Waals surface area contributed by atoms with Crippen LogP contribution in [-0.4, -0.2) is 31.5 Å². The van der Waals surface area contributed by atoms with E-state index >= 15 is 0 Å². The SMILES string of the molecule is CC(C)(C)CNc1nc(Nc2ncccc2C#N)nc(-c2cccc(Cl)n2)n1. The number of nitriles is 1. The highest BCUT2D eigenvalue weighted by Gasteiger charge is 2.15. The molecule has 0 amide bonds. The Balaban J connectivity index is 2.00. The average molecular weight is 395 g/mol. The Morgan fingerprint density at radius 3 is 2.54 bits per heavy atom. The van der Waals surface area contributed by atoms with Gasteiger partial charge in [-0.2, -0.15) is 20.2 Å². The monoisotopic (exact) mass is 394 g/mol. The number of aromatic nitrogens is 5. The van der Waals surface area contributed by atoms with Gasteiger partial charge in [-0.3, -0.25) is 0 Å². The van der Waals surface area contributed by atoms with Gasteiger partial charge in [-0.15, -0.1) is 0 Å². The van der Waals surface area contributed by atoms with Crippen molar-refractivity contribution in [1.82, 2.24) is 24.9 Å². The molecule has 3 heterocycles. The molecule has 28 heavy (non-hydrogen) atoms. The Labute approximate surface area is 168 Å². The lowest BCUT2D eigenvalue weighted by atomic mass is 9.97. The number of anilines is 3. The van der Waals surface area contributed by atoms with E-state index in [0.717, 1.165) is 0 Å². The van der Waals surface area contributed by atoms with E-state index in [9.17, 15) is 5.26 Å². The Morgan fingerprint density at radius 2 is 1.82 bits per heavy atom. The van der Waals surface area contributed by atoms with Crippen LogP contribution in [0.3, 0.4) is 0 Å². The maximum atomic E-state index is 9.27. The smallest absolute Gasteiger partial charge is 0.233 e. The van der Waals surface area contributed by atoms with E-state index in [1.807, 2.05) is 0 Å². The van der Waals surface area contributed by atoms with Gasteiger partial charge in [0.25, 0.3) is 0 Å². The van der Waals surface area contributed by atoms with Crippen molar-refractivity contribution in [2.75, 3.05) is 17.2 Å². The Kier molecular flexibility index (Phi) is 5.66. The van der Waals surface area contributed by atoms with Gasteiger partial charge >= 0.3 is 0 Å². The van der Waals surface area contributed by atoms with Crippen molar-refractivity contribution in [2.45, 2.75) is 20.8 Å². The van der Waals surface area contributed by atoms with Crippen LogP contribution in [0.25, 0.3) is 11.5 Å². The molecule has 0 spiro atoms. The molecule has 0 saturated carbocycles. The highest BCUT2D eigenvalue weighted by atomic mass is 35.5. The molecule has 3 aromatic rings.